The summed E-state index contributed by atoms with van der Waals surface area (Å²) in [5.41, 5.74) is 7.48. The van der Waals surface area contributed by atoms with Crippen LogP contribution in [0.3, 0.4) is 0 Å². The zero-order valence-corrected chi connectivity index (χ0v) is 14.9. The van der Waals surface area contributed by atoms with E-state index in [1.165, 1.54) is 56.3 Å². The van der Waals surface area contributed by atoms with Gasteiger partial charge in [-0.25, -0.2) is 0 Å². The smallest absolute Gasteiger partial charge is 0.0239 e. The molecule has 0 amide bonds. The molecule has 1 fully saturated rings. The maximum atomic E-state index is 3.85. The third kappa shape index (κ3) is 2.58. The van der Waals surface area contributed by atoms with Crippen LogP contribution < -0.4 is 0 Å². The zero-order valence-electron chi connectivity index (χ0n) is 14.9. The molecule has 2 aliphatic rings. The molecule has 0 unspecified atom stereocenters. The lowest BCUT2D eigenvalue weighted by Gasteiger charge is -2.34. The first-order chi connectivity index (χ1) is 9.62. The van der Waals surface area contributed by atoms with Gasteiger partial charge in [0.1, 0.15) is 0 Å². The Labute approximate surface area is 130 Å². The highest BCUT2D eigenvalue weighted by atomic mass is 14.8. The minimum Gasteiger partial charge on any atom is -0.361 e. The topological polar surface area (TPSA) is 15.8 Å². The van der Waals surface area contributed by atoms with Crippen molar-refractivity contribution < 1.29 is 0 Å². The van der Waals surface area contributed by atoms with E-state index in [1.54, 1.807) is 11.1 Å². The highest BCUT2D eigenvalue weighted by Crippen LogP contribution is 2.51. The van der Waals surface area contributed by atoms with Crippen LogP contribution in [0.15, 0.2) is 0 Å². The van der Waals surface area contributed by atoms with E-state index >= 15 is 0 Å². The summed E-state index contributed by atoms with van der Waals surface area (Å²) in [7, 11) is 0. The van der Waals surface area contributed by atoms with E-state index in [4.69, 9.17) is 0 Å². The maximum Gasteiger partial charge on any atom is 0.0239 e. The van der Waals surface area contributed by atoms with Gasteiger partial charge in [-0.3, -0.25) is 0 Å². The van der Waals surface area contributed by atoms with Crippen LogP contribution in [0.2, 0.25) is 0 Å². The van der Waals surface area contributed by atoms with Crippen LogP contribution >= 0.6 is 0 Å². The molecule has 21 heavy (non-hydrogen) atoms. The first-order valence-electron chi connectivity index (χ1n) is 8.87. The first-order valence-corrected chi connectivity index (χ1v) is 8.87. The first kappa shape index (κ1) is 15.2. The maximum absolute atomic E-state index is 3.85. The molecule has 0 aliphatic heterocycles. The Morgan fingerprint density at radius 2 is 1.14 bits per heavy atom. The van der Waals surface area contributed by atoms with Gasteiger partial charge >= 0.3 is 0 Å². The Morgan fingerprint density at radius 3 is 1.52 bits per heavy atom. The van der Waals surface area contributed by atoms with Gasteiger partial charge in [-0.15, -0.1) is 0 Å². The minimum atomic E-state index is 0.230. The standard InChI is InChI=1S/C20H33N/c1-18(2,3)16-14-12-20(10-8-7-9-11-20)13-15(14)17(21-16)19(4,5)6/h21H,7-13H2,1-6H3. The Kier molecular flexibility index (Phi) is 3.35. The Balaban J connectivity index is 2.07. The van der Waals surface area contributed by atoms with E-state index in [-0.39, 0.29) is 10.8 Å². The third-order valence-electron chi connectivity index (χ3n) is 5.74. The Hall–Kier alpha value is -0.720. The Morgan fingerprint density at radius 1 is 0.714 bits per heavy atom. The van der Waals surface area contributed by atoms with Gasteiger partial charge in [-0.05, 0) is 42.2 Å². The minimum absolute atomic E-state index is 0.230. The second-order valence-corrected chi connectivity index (χ2v) is 9.75. The Bertz CT molecular complexity index is 487. The molecule has 0 atom stereocenters. The molecule has 1 N–H and O–H groups in total. The lowest BCUT2D eigenvalue weighted by Crippen LogP contribution is -2.26. The van der Waals surface area contributed by atoms with E-state index in [2.05, 4.69) is 46.5 Å². The molecule has 1 heterocycles. The van der Waals surface area contributed by atoms with E-state index in [1.807, 2.05) is 0 Å². The van der Waals surface area contributed by atoms with Crippen LogP contribution in [0.1, 0.15) is 96.2 Å². The highest BCUT2D eigenvalue weighted by Gasteiger charge is 2.43. The monoisotopic (exact) mass is 287 g/mol. The average Bonchev–Trinajstić information content (AvgIpc) is 2.82. The van der Waals surface area contributed by atoms with Gasteiger partial charge in [0.05, 0.1) is 0 Å². The summed E-state index contributed by atoms with van der Waals surface area (Å²) in [6.07, 6.45) is 9.93. The molecule has 1 spiro atoms. The predicted octanol–water partition coefficient (Wildman–Crippen LogP) is 5.66. The van der Waals surface area contributed by atoms with Gasteiger partial charge in [0.2, 0.25) is 0 Å². The number of fused-ring (bicyclic) bond motifs is 1. The fourth-order valence-electron chi connectivity index (χ4n) is 4.72. The van der Waals surface area contributed by atoms with E-state index in [0.717, 1.165) is 0 Å². The van der Waals surface area contributed by atoms with Crippen LogP contribution in [0, 0.1) is 5.41 Å². The van der Waals surface area contributed by atoms with Gasteiger partial charge < -0.3 is 4.98 Å². The average molecular weight is 287 g/mol. The predicted molar refractivity (Wildman–Crippen MR) is 91.1 cm³/mol. The molecule has 1 aromatic heterocycles. The van der Waals surface area contributed by atoms with Crippen molar-refractivity contribution >= 4 is 0 Å². The van der Waals surface area contributed by atoms with Crippen molar-refractivity contribution in [2.75, 3.05) is 0 Å². The van der Waals surface area contributed by atoms with Crippen molar-refractivity contribution in [1.29, 1.82) is 0 Å². The highest BCUT2D eigenvalue weighted by molar-refractivity contribution is 5.47. The van der Waals surface area contributed by atoms with E-state index in [0.29, 0.717) is 5.41 Å². The van der Waals surface area contributed by atoms with Crippen molar-refractivity contribution in [2.24, 2.45) is 5.41 Å². The number of rotatable bonds is 0. The van der Waals surface area contributed by atoms with Crippen LogP contribution in [0.5, 0.6) is 0 Å². The molecule has 1 heteroatoms. The summed E-state index contributed by atoms with van der Waals surface area (Å²) in [6.45, 7) is 14.2. The van der Waals surface area contributed by atoms with Crippen molar-refractivity contribution in [1.82, 2.24) is 4.98 Å². The summed E-state index contributed by atoms with van der Waals surface area (Å²) in [5, 5.41) is 0. The third-order valence-corrected chi connectivity index (χ3v) is 5.74. The summed E-state index contributed by atoms with van der Waals surface area (Å²) >= 11 is 0. The summed E-state index contributed by atoms with van der Waals surface area (Å²) < 4.78 is 0. The number of aromatic amines is 1. The molecule has 0 bridgehead atoms. The fourth-order valence-corrected chi connectivity index (χ4v) is 4.72. The van der Waals surface area contributed by atoms with Crippen molar-refractivity contribution in [3.05, 3.63) is 22.5 Å². The molecule has 2 aliphatic carbocycles. The molecule has 0 radical (unpaired) electrons. The van der Waals surface area contributed by atoms with Crippen molar-refractivity contribution in [2.45, 2.75) is 97.3 Å². The molecule has 0 saturated heterocycles. The molecule has 1 nitrogen and oxygen atoms in total. The molecular weight excluding hydrogens is 254 g/mol. The number of hydrogen-bond donors (Lipinski definition) is 1. The van der Waals surface area contributed by atoms with Crippen LogP contribution in [-0.4, -0.2) is 4.98 Å². The second kappa shape index (κ2) is 4.64. The van der Waals surface area contributed by atoms with Crippen LogP contribution in [0.4, 0.5) is 0 Å². The summed E-state index contributed by atoms with van der Waals surface area (Å²) in [6, 6.07) is 0. The molecule has 1 aromatic rings. The molecule has 3 rings (SSSR count). The lowest BCUT2D eigenvalue weighted by molar-refractivity contribution is 0.201. The lowest BCUT2D eigenvalue weighted by atomic mass is 9.71. The van der Waals surface area contributed by atoms with Gasteiger partial charge in [0.15, 0.2) is 0 Å². The summed E-state index contributed by atoms with van der Waals surface area (Å²) in [5.74, 6) is 0. The molecular formula is C20H33N. The second-order valence-electron chi connectivity index (χ2n) is 9.75. The van der Waals surface area contributed by atoms with Crippen molar-refractivity contribution in [3.63, 3.8) is 0 Å². The normalized spacial score (nSPS) is 21.8. The number of nitrogens with one attached hydrogen (secondary N) is 1. The zero-order chi connectivity index (χ0) is 15.5. The number of aromatic nitrogens is 1. The largest absolute Gasteiger partial charge is 0.361 e. The van der Waals surface area contributed by atoms with Crippen LogP contribution in [-0.2, 0) is 23.7 Å². The van der Waals surface area contributed by atoms with Gasteiger partial charge in [-0.1, -0.05) is 60.8 Å². The van der Waals surface area contributed by atoms with Gasteiger partial charge in [0, 0.05) is 22.2 Å². The molecule has 1 saturated carbocycles. The van der Waals surface area contributed by atoms with Gasteiger partial charge in [0.25, 0.3) is 0 Å². The quantitative estimate of drug-likeness (QED) is 0.634. The molecule has 0 aromatic carbocycles. The summed E-state index contributed by atoms with van der Waals surface area (Å²) in [4.78, 5) is 3.85. The number of H-pyrrole nitrogens is 1. The van der Waals surface area contributed by atoms with Crippen molar-refractivity contribution in [3.8, 4) is 0 Å². The SMILES string of the molecule is CC(C)(C)c1[nH]c(C(C)(C)C)c2c1CC1(CCCCC1)C2. The molecule has 118 valence electrons. The van der Waals surface area contributed by atoms with E-state index < -0.39 is 0 Å². The number of hydrogen-bond acceptors (Lipinski definition) is 0. The van der Waals surface area contributed by atoms with E-state index in [9.17, 15) is 0 Å². The van der Waals surface area contributed by atoms with Gasteiger partial charge in [-0.2, -0.15) is 0 Å². The van der Waals surface area contributed by atoms with Crippen LogP contribution in [0.25, 0.3) is 0 Å². The fraction of sp³-hybridized carbons (Fsp3) is 0.800.